The summed E-state index contributed by atoms with van der Waals surface area (Å²) in [5.41, 5.74) is 3.07. The fourth-order valence-corrected chi connectivity index (χ4v) is 2.81. The summed E-state index contributed by atoms with van der Waals surface area (Å²) < 4.78 is 6.65. The summed E-state index contributed by atoms with van der Waals surface area (Å²) in [6.45, 7) is 6.16. The normalized spacial score (nSPS) is 11.0. The third-order valence-electron chi connectivity index (χ3n) is 3.42. The Balaban J connectivity index is 1.91. The maximum absolute atomic E-state index is 11.9. The van der Waals surface area contributed by atoms with Crippen LogP contribution in [0.25, 0.3) is 6.08 Å². The number of amides is 1. The number of nitrogens with one attached hydrogen (secondary N) is 1. The zero-order chi connectivity index (χ0) is 17.7. The molecule has 2 rings (SSSR count). The molecule has 0 unspecified atom stereocenters. The van der Waals surface area contributed by atoms with E-state index in [1.165, 1.54) is 17.4 Å². The molecule has 0 aliphatic carbocycles. The summed E-state index contributed by atoms with van der Waals surface area (Å²) in [5, 5.41) is 9.31. The number of ether oxygens (including phenoxy) is 1. The predicted octanol–water partition coefficient (Wildman–Crippen LogP) is 2.00. The lowest BCUT2D eigenvalue weighted by Gasteiger charge is -1.99. The maximum Gasteiger partial charge on any atom is 0.357 e. The minimum Gasteiger partial charge on any atom is -0.461 e. The van der Waals surface area contributed by atoms with Crippen LogP contribution in [0.15, 0.2) is 11.5 Å². The van der Waals surface area contributed by atoms with Gasteiger partial charge in [0.25, 0.3) is 0 Å². The highest BCUT2D eigenvalue weighted by Crippen LogP contribution is 2.14. The topological polar surface area (TPSA) is 86.1 Å². The van der Waals surface area contributed by atoms with Crippen molar-refractivity contribution in [1.82, 2.24) is 20.1 Å². The number of carbonyl (C=O) groups excluding carboxylic acids is 2. The molecule has 0 atom stereocenters. The molecule has 2 heterocycles. The van der Waals surface area contributed by atoms with E-state index in [0.29, 0.717) is 11.6 Å². The summed E-state index contributed by atoms with van der Waals surface area (Å²) in [4.78, 5) is 27.6. The van der Waals surface area contributed by atoms with Crippen LogP contribution in [0.5, 0.6) is 0 Å². The number of nitrogens with zero attached hydrogens (tertiary/aromatic N) is 3. The fourth-order valence-electron chi connectivity index (χ4n) is 2.10. The van der Waals surface area contributed by atoms with Crippen molar-refractivity contribution in [3.63, 3.8) is 0 Å². The molecule has 1 N–H and O–H groups in total. The number of carbonyl (C=O) groups is 2. The maximum atomic E-state index is 11.9. The Morgan fingerprint density at radius 3 is 2.79 bits per heavy atom. The Hall–Kier alpha value is -2.48. The van der Waals surface area contributed by atoms with Crippen molar-refractivity contribution in [1.29, 1.82) is 0 Å². The van der Waals surface area contributed by atoms with Crippen LogP contribution in [0.2, 0.25) is 0 Å². The monoisotopic (exact) mass is 348 g/mol. The van der Waals surface area contributed by atoms with Gasteiger partial charge < -0.3 is 10.1 Å². The third kappa shape index (κ3) is 4.29. The van der Waals surface area contributed by atoms with Gasteiger partial charge in [-0.15, -0.1) is 11.3 Å². The third-order valence-corrected chi connectivity index (χ3v) is 4.27. The molecule has 2 aromatic heterocycles. The Morgan fingerprint density at radius 1 is 1.42 bits per heavy atom. The fraction of sp³-hybridized carbons (Fsp3) is 0.375. The molecule has 0 aliphatic rings. The standard InChI is InChI=1S/C16H20N4O3S/c1-5-23-16(22)13-9-24-15(18-13)8-17-14(21)7-6-12-10(2)19-20(4)11(12)3/h6-7,9H,5,8H2,1-4H3,(H,17,21)/b7-6+. The molecule has 24 heavy (non-hydrogen) atoms. The number of aromatic nitrogens is 3. The molecule has 0 aromatic carbocycles. The Morgan fingerprint density at radius 2 is 2.17 bits per heavy atom. The molecule has 0 spiro atoms. The molecule has 2 aromatic rings. The smallest absolute Gasteiger partial charge is 0.357 e. The highest BCUT2D eigenvalue weighted by atomic mass is 32.1. The van der Waals surface area contributed by atoms with Crippen LogP contribution in [0.3, 0.4) is 0 Å². The van der Waals surface area contributed by atoms with Crippen LogP contribution in [-0.4, -0.2) is 33.2 Å². The van der Waals surface area contributed by atoms with Gasteiger partial charge in [-0.3, -0.25) is 9.48 Å². The van der Waals surface area contributed by atoms with E-state index in [-0.39, 0.29) is 18.1 Å². The average molecular weight is 348 g/mol. The Labute approximate surface area is 144 Å². The van der Waals surface area contributed by atoms with E-state index in [0.717, 1.165) is 17.0 Å². The van der Waals surface area contributed by atoms with Gasteiger partial charge in [-0.25, -0.2) is 9.78 Å². The van der Waals surface area contributed by atoms with E-state index in [1.807, 2.05) is 20.9 Å². The molecule has 128 valence electrons. The second kappa shape index (κ2) is 7.87. The zero-order valence-corrected chi connectivity index (χ0v) is 14.9. The molecular formula is C16H20N4O3S. The second-order valence-corrected chi connectivity index (χ2v) is 6.05. The number of esters is 1. The van der Waals surface area contributed by atoms with Crippen molar-refractivity contribution >= 4 is 29.3 Å². The number of thiazole rings is 1. The van der Waals surface area contributed by atoms with E-state index < -0.39 is 5.97 Å². The Kier molecular flexibility index (Phi) is 5.86. The molecule has 0 saturated heterocycles. The second-order valence-electron chi connectivity index (χ2n) is 5.11. The van der Waals surface area contributed by atoms with Gasteiger partial charge in [-0.2, -0.15) is 5.10 Å². The highest BCUT2D eigenvalue weighted by Gasteiger charge is 2.12. The van der Waals surface area contributed by atoms with Gasteiger partial charge in [-0.1, -0.05) is 0 Å². The number of hydrogen-bond donors (Lipinski definition) is 1. The highest BCUT2D eigenvalue weighted by molar-refractivity contribution is 7.09. The zero-order valence-electron chi connectivity index (χ0n) is 14.1. The van der Waals surface area contributed by atoms with E-state index in [1.54, 1.807) is 23.1 Å². The molecule has 0 aliphatic heterocycles. The molecule has 0 bridgehead atoms. The summed E-state index contributed by atoms with van der Waals surface area (Å²) in [7, 11) is 1.86. The Bertz CT molecular complexity index is 776. The van der Waals surface area contributed by atoms with E-state index >= 15 is 0 Å². The van der Waals surface area contributed by atoms with Crippen LogP contribution in [0.4, 0.5) is 0 Å². The van der Waals surface area contributed by atoms with Crippen molar-refractivity contribution < 1.29 is 14.3 Å². The van der Waals surface area contributed by atoms with Crippen molar-refractivity contribution in [2.75, 3.05) is 6.61 Å². The molecular weight excluding hydrogens is 328 g/mol. The van der Waals surface area contributed by atoms with E-state index in [9.17, 15) is 9.59 Å². The van der Waals surface area contributed by atoms with Gasteiger partial charge in [-0.05, 0) is 26.8 Å². The minimum atomic E-state index is -0.450. The van der Waals surface area contributed by atoms with Crippen LogP contribution < -0.4 is 5.32 Å². The van der Waals surface area contributed by atoms with Gasteiger partial charge >= 0.3 is 5.97 Å². The summed E-state index contributed by atoms with van der Waals surface area (Å²) >= 11 is 1.30. The molecule has 7 nitrogen and oxygen atoms in total. The van der Waals surface area contributed by atoms with E-state index in [2.05, 4.69) is 15.4 Å². The first-order valence-corrected chi connectivity index (χ1v) is 8.38. The molecule has 0 fully saturated rings. The minimum absolute atomic E-state index is 0.231. The molecule has 8 heteroatoms. The number of hydrogen-bond acceptors (Lipinski definition) is 6. The number of aryl methyl sites for hydroxylation is 2. The molecule has 1 amide bonds. The van der Waals surface area contributed by atoms with E-state index in [4.69, 9.17) is 4.74 Å². The molecule has 0 saturated carbocycles. The van der Waals surface area contributed by atoms with Gasteiger partial charge in [0.1, 0.15) is 5.01 Å². The van der Waals surface area contributed by atoms with Crippen molar-refractivity contribution in [2.45, 2.75) is 27.3 Å². The summed E-state index contributed by atoms with van der Waals surface area (Å²) in [6, 6.07) is 0. The molecule has 0 radical (unpaired) electrons. The van der Waals surface area contributed by atoms with Gasteiger partial charge in [0.2, 0.25) is 5.91 Å². The first-order chi connectivity index (χ1) is 11.4. The summed E-state index contributed by atoms with van der Waals surface area (Å²) in [6.07, 6.45) is 3.22. The summed E-state index contributed by atoms with van der Waals surface area (Å²) in [5.74, 6) is -0.681. The van der Waals surface area contributed by atoms with Crippen LogP contribution in [0.1, 0.15) is 39.4 Å². The van der Waals surface area contributed by atoms with Gasteiger partial charge in [0, 0.05) is 29.8 Å². The van der Waals surface area contributed by atoms with Crippen molar-refractivity contribution in [3.8, 4) is 0 Å². The quantitative estimate of drug-likeness (QED) is 0.637. The lowest BCUT2D eigenvalue weighted by Crippen LogP contribution is -2.20. The lowest BCUT2D eigenvalue weighted by molar-refractivity contribution is -0.116. The van der Waals surface area contributed by atoms with Gasteiger partial charge in [0.05, 0.1) is 18.8 Å². The first kappa shape index (κ1) is 17.9. The predicted molar refractivity (Wildman–Crippen MR) is 91.6 cm³/mol. The van der Waals surface area contributed by atoms with Gasteiger partial charge in [0.15, 0.2) is 5.69 Å². The lowest BCUT2D eigenvalue weighted by atomic mass is 10.2. The SMILES string of the molecule is CCOC(=O)c1csc(CNC(=O)/C=C/c2c(C)nn(C)c2C)n1. The van der Waals surface area contributed by atoms with Crippen molar-refractivity contribution in [2.24, 2.45) is 7.05 Å². The van der Waals surface area contributed by atoms with Crippen LogP contribution in [-0.2, 0) is 23.1 Å². The first-order valence-electron chi connectivity index (χ1n) is 7.50. The van der Waals surface area contributed by atoms with Crippen LogP contribution in [0, 0.1) is 13.8 Å². The van der Waals surface area contributed by atoms with Crippen molar-refractivity contribution in [3.05, 3.63) is 39.1 Å². The number of rotatable bonds is 6. The largest absolute Gasteiger partial charge is 0.461 e. The van der Waals surface area contributed by atoms with Crippen LogP contribution >= 0.6 is 11.3 Å². The average Bonchev–Trinajstić information content (AvgIpc) is 3.10.